The maximum atomic E-state index is 12.1. The Kier molecular flexibility index (Phi) is 5.76. The number of hydrogen-bond acceptors (Lipinski definition) is 4. The SMILES string of the molecule is CCCCS(=O)(=O)Nc1ccccc1/C(=N\O)c1ccccc1. The van der Waals surface area contributed by atoms with Crippen molar-refractivity contribution in [2.45, 2.75) is 19.8 Å². The third kappa shape index (κ3) is 4.56. The zero-order valence-corrected chi connectivity index (χ0v) is 13.8. The molecular weight excluding hydrogens is 312 g/mol. The Morgan fingerprint density at radius 1 is 1.09 bits per heavy atom. The normalized spacial score (nSPS) is 12.1. The van der Waals surface area contributed by atoms with Crippen LogP contribution in [-0.2, 0) is 10.0 Å². The first kappa shape index (κ1) is 17.0. The molecule has 0 aliphatic heterocycles. The van der Waals surface area contributed by atoms with E-state index in [0.717, 1.165) is 6.42 Å². The second-order valence-electron chi connectivity index (χ2n) is 5.13. The molecule has 0 aliphatic carbocycles. The van der Waals surface area contributed by atoms with E-state index >= 15 is 0 Å². The predicted molar refractivity (Wildman–Crippen MR) is 92.6 cm³/mol. The molecule has 0 atom stereocenters. The molecule has 0 aromatic heterocycles. The summed E-state index contributed by atoms with van der Waals surface area (Å²) in [6, 6.07) is 16.0. The number of nitrogens with zero attached hydrogens (tertiary/aromatic N) is 1. The van der Waals surface area contributed by atoms with Gasteiger partial charge in [0.2, 0.25) is 10.0 Å². The summed E-state index contributed by atoms with van der Waals surface area (Å²) < 4.78 is 26.9. The molecule has 6 heteroatoms. The fourth-order valence-corrected chi connectivity index (χ4v) is 3.48. The fraction of sp³-hybridized carbons (Fsp3) is 0.235. The summed E-state index contributed by atoms with van der Waals surface area (Å²) in [6.45, 7) is 1.94. The topological polar surface area (TPSA) is 78.8 Å². The first-order chi connectivity index (χ1) is 11.1. The first-order valence-corrected chi connectivity index (χ1v) is 9.10. The Labute approximate surface area is 136 Å². The van der Waals surface area contributed by atoms with Crippen molar-refractivity contribution in [1.29, 1.82) is 0 Å². The van der Waals surface area contributed by atoms with E-state index in [9.17, 15) is 13.6 Å². The molecular formula is C17H20N2O3S. The van der Waals surface area contributed by atoms with Crippen molar-refractivity contribution in [1.82, 2.24) is 0 Å². The maximum absolute atomic E-state index is 12.1. The fourth-order valence-electron chi connectivity index (χ4n) is 2.19. The lowest BCUT2D eigenvalue weighted by molar-refractivity contribution is 0.319. The third-order valence-electron chi connectivity index (χ3n) is 3.36. The van der Waals surface area contributed by atoms with Gasteiger partial charge in [-0.05, 0) is 12.5 Å². The molecule has 0 bridgehead atoms. The highest BCUT2D eigenvalue weighted by atomic mass is 32.2. The smallest absolute Gasteiger partial charge is 0.232 e. The Bertz CT molecular complexity index is 771. The molecule has 2 aromatic carbocycles. The lowest BCUT2D eigenvalue weighted by Gasteiger charge is -2.13. The number of benzene rings is 2. The number of sulfonamides is 1. The van der Waals surface area contributed by atoms with Crippen molar-refractivity contribution in [3.8, 4) is 0 Å². The standard InChI is InChI=1S/C17H20N2O3S/c1-2-3-13-23(21,22)19-16-12-8-7-11-15(16)17(18-20)14-9-5-4-6-10-14/h4-12,19-20H,2-3,13H2,1H3/b18-17-. The largest absolute Gasteiger partial charge is 0.410 e. The molecule has 0 spiro atoms. The molecule has 0 radical (unpaired) electrons. The van der Waals surface area contributed by atoms with E-state index < -0.39 is 10.0 Å². The van der Waals surface area contributed by atoms with E-state index in [1.807, 2.05) is 25.1 Å². The van der Waals surface area contributed by atoms with Crippen LogP contribution in [0.3, 0.4) is 0 Å². The lowest BCUT2D eigenvalue weighted by atomic mass is 10.0. The van der Waals surface area contributed by atoms with Crippen LogP contribution in [0.5, 0.6) is 0 Å². The van der Waals surface area contributed by atoms with Crippen molar-refractivity contribution in [3.05, 3.63) is 65.7 Å². The van der Waals surface area contributed by atoms with Gasteiger partial charge in [-0.2, -0.15) is 0 Å². The number of anilines is 1. The molecule has 0 amide bonds. The minimum Gasteiger partial charge on any atom is -0.410 e. The Hall–Kier alpha value is -2.34. The average Bonchev–Trinajstić information content (AvgIpc) is 2.56. The van der Waals surface area contributed by atoms with Gasteiger partial charge in [0.05, 0.1) is 11.4 Å². The molecule has 23 heavy (non-hydrogen) atoms. The van der Waals surface area contributed by atoms with Crippen LogP contribution in [0.2, 0.25) is 0 Å². The summed E-state index contributed by atoms with van der Waals surface area (Å²) in [5, 5.41) is 12.8. The third-order valence-corrected chi connectivity index (χ3v) is 4.72. The van der Waals surface area contributed by atoms with Crippen LogP contribution in [-0.4, -0.2) is 25.1 Å². The zero-order valence-electron chi connectivity index (χ0n) is 12.9. The summed E-state index contributed by atoms with van der Waals surface area (Å²) in [5.74, 6) is 0.0643. The van der Waals surface area contributed by atoms with E-state index in [4.69, 9.17) is 0 Å². The van der Waals surface area contributed by atoms with Crippen LogP contribution >= 0.6 is 0 Å². The summed E-state index contributed by atoms with van der Waals surface area (Å²) in [6.07, 6.45) is 1.40. The summed E-state index contributed by atoms with van der Waals surface area (Å²) in [7, 11) is -3.43. The molecule has 0 saturated carbocycles. The van der Waals surface area contributed by atoms with Gasteiger partial charge in [-0.15, -0.1) is 0 Å². The number of rotatable bonds is 7. The van der Waals surface area contributed by atoms with Crippen molar-refractivity contribution in [2.75, 3.05) is 10.5 Å². The minimum atomic E-state index is -3.43. The molecule has 2 aromatic rings. The average molecular weight is 332 g/mol. The summed E-state index contributed by atoms with van der Waals surface area (Å²) in [5.41, 5.74) is 1.95. The highest BCUT2D eigenvalue weighted by Crippen LogP contribution is 2.21. The number of para-hydroxylation sites is 1. The predicted octanol–water partition coefficient (Wildman–Crippen LogP) is 3.46. The van der Waals surface area contributed by atoms with Gasteiger partial charge >= 0.3 is 0 Å². The number of unbranched alkanes of at least 4 members (excludes halogenated alkanes) is 1. The van der Waals surface area contributed by atoms with Crippen molar-refractivity contribution in [3.63, 3.8) is 0 Å². The van der Waals surface area contributed by atoms with E-state index in [-0.39, 0.29) is 5.75 Å². The molecule has 0 aliphatic rings. The van der Waals surface area contributed by atoms with Gasteiger partial charge in [0, 0.05) is 11.1 Å². The van der Waals surface area contributed by atoms with Crippen LogP contribution in [0.4, 0.5) is 5.69 Å². The van der Waals surface area contributed by atoms with E-state index in [2.05, 4.69) is 9.88 Å². The number of oxime groups is 1. The van der Waals surface area contributed by atoms with Crippen LogP contribution in [0.1, 0.15) is 30.9 Å². The van der Waals surface area contributed by atoms with Crippen LogP contribution in [0.15, 0.2) is 59.8 Å². The van der Waals surface area contributed by atoms with Crippen LogP contribution < -0.4 is 4.72 Å². The number of hydrogen-bond donors (Lipinski definition) is 2. The second kappa shape index (κ2) is 7.78. The van der Waals surface area contributed by atoms with Gasteiger partial charge < -0.3 is 5.21 Å². The lowest BCUT2D eigenvalue weighted by Crippen LogP contribution is -2.19. The first-order valence-electron chi connectivity index (χ1n) is 7.44. The van der Waals surface area contributed by atoms with Crippen LogP contribution in [0, 0.1) is 0 Å². The van der Waals surface area contributed by atoms with E-state index in [1.165, 1.54) is 0 Å². The monoisotopic (exact) mass is 332 g/mol. The van der Waals surface area contributed by atoms with E-state index in [1.54, 1.807) is 36.4 Å². The molecule has 0 fully saturated rings. The Morgan fingerprint density at radius 2 is 1.74 bits per heavy atom. The highest BCUT2D eigenvalue weighted by Gasteiger charge is 2.16. The van der Waals surface area contributed by atoms with Gasteiger partial charge in [-0.3, -0.25) is 4.72 Å². The second-order valence-corrected chi connectivity index (χ2v) is 6.98. The zero-order chi connectivity index (χ0) is 16.7. The molecule has 2 N–H and O–H groups in total. The molecule has 5 nitrogen and oxygen atoms in total. The number of nitrogens with one attached hydrogen (secondary N) is 1. The van der Waals surface area contributed by atoms with Gasteiger partial charge in [0.15, 0.2) is 0 Å². The molecule has 0 heterocycles. The highest BCUT2D eigenvalue weighted by molar-refractivity contribution is 7.92. The van der Waals surface area contributed by atoms with Crippen LogP contribution in [0.25, 0.3) is 0 Å². The molecule has 0 unspecified atom stereocenters. The van der Waals surface area contributed by atoms with Gasteiger partial charge in [-0.1, -0.05) is 67.0 Å². The molecule has 0 saturated heterocycles. The minimum absolute atomic E-state index is 0.0643. The summed E-state index contributed by atoms with van der Waals surface area (Å²) in [4.78, 5) is 0. The van der Waals surface area contributed by atoms with Crippen molar-refractivity contribution in [2.24, 2.45) is 5.16 Å². The van der Waals surface area contributed by atoms with Gasteiger partial charge in [0.1, 0.15) is 5.71 Å². The van der Waals surface area contributed by atoms with Gasteiger partial charge in [-0.25, -0.2) is 8.42 Å². The molecule has 2 rings (SSSR count). The van der Waals surface area contributed by atoms with E-state index in [0.29, 0.717) is 28.9 Å². The van der Waals surface area contributed by atoms with Crippen molar-refractivity contribution >= 4 is 21.4 Å². The quantitative estimate of drug-likeness (QED) is 0.463. The summed E-state index contributed by atoms with van der Waals surface area (Å²) >= 11 is 0. The van der Waals surface area contributed by atoms with Gasteiger partial charge in [0.25, 0.3) is 0 Å². The maximum Gasteiger partial charge on any atom is 0.232 e. The Morgan fingerprint density at radius 3 is 2.39 bits per heavy atom. The van der Waals surface area contributed by atoms with Crippen molar-refractivity contribution < 1.29 is 13.6 Å². The Balaban J connectivity index is 2.38. The molecule has 122 valence electrons.